The van der Waals surface area contributed by atoms with Gasteiger partial charge < -0.3 is 9.64 Å². The molecule has 0 heterocycles. The second-order valence-electron chi connectivity index (χ2n) is 9.22. The van der Waals surface area contributed by atoms with Crippen LogP contribution in [0.15, 0.2) is 71.6 Å². The number of carbonyl (C=O) groups excluding carboxylic acids is 2. The van der Waals surface area contributed by atoms with Gasteiger partial charge in [-0.15, -0.1) is 11.8 Å². The summed E-state index contributed by atoms with van der Waals surface area (Å²) >= 11 is 1.60. The van der Waals surface area contributed by atoms with Crippen molar-refractivity contribution in [3.05, 3.63) is 101 Å². The normalized spacial score (nSPS) is 10.8. The van der Waals surface area contributed by atoms with E-state index >= 15 is 0 Å². The monoisotopic (exact) mass is 539 g/mol. The van der Waals surface area contributed by atoms with E-state index in [0.717, 1.165) is 54.2 Å². The van der Waals surface area contributed by atoms with E-state index in [1.54, 1.807) is 22.7 Å². The van der Waals surface area contributed by atoms with Crippen LogP contribution < -0.4 is 0 Å². The summed E-state index contributed by atoms with van der Waals surface area (Å²) in [4.78, 5) is 27.9. The SMILES string of the molecule is CCCCCCCN(Cc1ccc(F)cc1F)C(=O)Cc1ccc(SCc2ccccc2C(=O)OC)cc1. The molecule has 0 aromatic heterocycles. The van der Waals surface area contributed by atoms with Crippen LogP contribution in [0.25, 0.3) is 0 Å². The number of methoxy groups -OCH3 is 1. The zero-order valence-electron chi connectivity index (χ0n) is 22.1. The molecule has 7 heteroatoms. The molecule has 0 spiro atoms. The van der Waals surface area contributed by atoms with Crippen molar-refractivity contribution in [1.29, 1.82) is 0 Å². The summed E-state index contributed by atoms with van der Waals surface area (Å²) in [6, 6.07) is 18.6. The maximum atomic E-state index is 14.3. The molecule has 0 aliphatic rings. The van der Waals surface area contributed by atoms with E-state index in [-0.39, 0.29) is 24.8 Å². The summed E-state index contributed by atoms with van der Waals surface area (Å²) in [7, 11) is 1.37. The van der Waals surface area contributed by atoms with Crippen molar-refractivity contribution in [2.75, 3.05) is 13.7 Å². The molecule has 0 aliphatic heterocycles. The van der Waals surface area contributed by atoms with Crippen molar-refractivity contribution in [1.82, 2.24) is 4.90 Å². The molecule has 3 aromatic rings. The summed E-state index contributed by atoms with van der Waals surface area (Å²) in [5.74, 6) is -1.10. The standard InChI is InChI=1S/C31H35F2NO3S/c1-3-4-5-6-9-18-34(21-24-14-15-26(32)20-29(24)33)30(35)19-23-12-16-27(17-13-23)38-22-25-10-7-8-11-28(25)31(36)37-2/h7-8,10-17,20H,3-6,9,18-19,21-22H2,1-2H3. The Labute approximate surface area is 228 Å². The second kappa shape index (κ2) is 15.3. The topological polar surface area (TPSA) is 46.6 Å². The van der Waals surface area contributed by atoms with E-state index in [2.05, 4.69) is 6.92 Å². The van der Waals surface area contributed by atoms with Crippen molar-refractivity contribution in [3.63, 3.8) is 0 Å². The lowest BCUT2D eigenvalue weighted by Gasteiger charge is -2.23. The molecule has 1 amide bonds. The van der Waals surface area contributed by atoms with E-state index in [4.69, 9.17) is 4.74 Å². The van der Waals surface area contributed by atoms with Crippen LogP contribution in [-0.4, -0.2) is 30.4 Å². The fourth-order valence-electron chi connectivity index (χ4n) is 4.16. The summed E-state index contributed by atoms with van der Waals surface area (Å²) in [6.07, 6.45) is 5.45. The minimum Gasteiger partial charge on any atom is -0.465 e. The second-order valence-corrected chi connectivity index (χ2v) is 10.3. The molecule has 0 N–H and O–H groups in total. The molecule has 3 aromatic carbocycles. The molecular weight excluding hydrogens is 504 g/mol. The average molecular weight is 540 g/mol. The lowest BCUT2D eigenvalue weighted by Crippen LogP contribution is -2.33. The quantitative estimate of drug-likeness (QED) is 0.120. The van der Waals surface area contributed by atoms with Gasteiger partial charge in [-0.1, -0.05) is 69.0 Å². The number of benzene rings is 3. The predicted molar refractivity (Wildman–Crippen MR) is 148 cm³/mol. The molecule has 0 saturated heterocycles. The van der Waals surface area contributed by atoms with Crippen molar-refractivity contribution in [2.45, 2.75) is 62.6 Å². The number of hydrogen-bond acceptors (Lipinski definition) is 4. The zero-order chi connectivity index (χ0) is 27.3. The van der Waals surface area contributed by atoms with Gasteiger partial charge in [-0.3, -0.25) is 4.79 Å². The van der Waals surface area contributed by atoms with Crippen LogP contribution >= 0.6 is 11.8 Å². The molecule has 4 nitrogen and oxygen atoms in total. The molecule has 0 radical (unpaired) electrons. The zero-order valence-corrected chi connectivity index (χ0v) is 22.9. The fourth-order valence-corrected chi connectivity index (χ4v) is 5.06. The number of esters is 1. The van der Waals surface area contributed by atoms with Gasteiger partial charge in [-0.2, -0.15) is 0 Å². The van der Waals surface area contributed by atoms with Crippen LogP contribution in [0.1, 0.15) is 66.1 Å². The number of rotatable bonds is 14. The van der Waals surface area contributed by atoms with Crippen LogP contribution in [0.3, 0.4) is 0 Å². The Hall–Kier alpha value is -3.19. The molecule has 0 unspecified atom stereocenters. The van der Waals surface area contributed by atoms with Crippen LogP contribution in [0, 0.1) is 11.6 Å². The smallest absolute Gasteiger partial charge is 0.338 e. The average Bonchev–Trinajstić information content (AvgIpc) is 2.92. The first-order valence-electron chi connectivity index (χ1n) is 13.0. The van der Waals surface area contributed by atoms with Gasteiger partial charge in [0.25, 0.3) is 0 Å². The van der Waals surface area contributed by atoms with E-state index in [0.29, 0.717) is 23.4 Å². The van der Waals surface area contributed by atoms with Crippen LogP contribution in [0.4, 0.5) is 8.78 Å². The number of thioether (sulfide) groups is 1. The summed E-state index contributed by atoms with van der Waals surface area (Å²) < 4.78 is 32.5. The highest BCUT2D eigenvalue weighted by Crippen LogP contribution is 2.25. The lowest BCUT2D eigenvalue weighted by atomic mass is 10.1. The minimum absolute atomic E-state index is 0.0865. The largest absolute Gasteiger partial charge is 0.465 e. The first kappa shape index (κ1) is 29.4. The molecule has 0 fully saturated rings. The number of hydrogen-bond donors (Lipinski definition) is 0. The van der Waals surface area contributed by atoms with Gasteiger partial charge >= 0.3 is 5.97 Å². The van der Waals surface area contributed by atoms with Gasteiger partial charge in [0.05, 0.1) is 19.1 Å². The van der Waals surface area contributed by atoms with Crippen LogP contribution in [0.2, 0.25) is 0 Å². The molecule has 0 aliphatic carbocycles. The Morgan fingerprint density at radius 1 is 0.895 bits per heavy atom. The number of halogens is 2. The van der Waals surface area contributed by atoms with Gasteiger partial charge in [0.2, 0.25) is 5.91 Å². The highest BCUT2D eigenvalue weighted by atomic mass is 32.2. The summed E-state index contributed by atoms with van der Waals surface area (Å²) in [5, 5.41) is 0. The molecular formula is C31H35F2NO3S. The van der Waals surface area contributed by atoms with Gasteiger partial charge in [-0.05, 0) is 41.8 Å². The van der Waals surface area contributed by atoms with Crippen molar-refractivity contribution in [3.8, 4) is 0 Å². The first-order valence-corrected chi connectivity index (χ1v) is 14.0. The van der Waals surface area contributed by atoms with E-state index in [9.17, 15) is 18.4 Å². The van der Waals surface area contributed by atoms with Crippen molar-refractivity contribution < 1.29 is 23.1 Å². The Kier molecular flexibility index (Phi) is 11.8. The fraction of sp³-hybridized carbons (Fsp3) is 0.355. The summed E-state index contributed by atoms with van der Waals surface area (Å²) in [6.45, 7) is 2.80. The third-order valence-electron chi connectivity index (χ3n) is 6.36. The number of amides is 1. The first-order chi connectivity index (χ1) is 18.4. The number of ether oxygens (including phenoxy) is 1. The Bertz CT molecular complexity index is 1200. The predicted octanol–water partition coefficient (Wildman–Crippen LogP) is 7.59. The third kappa shape index (κ3) is 8.98. The number of unbranched alkanes of at least 4 members (excludes halogenated alkanes) is 4. The maximum absolute atomic E-state index is 14.3. The molecule has 0 saturated carbocycles. The highest BCUT2D eigenvalue weighted by molar-refractivity contribution is 7.98. The molecule has 3 rings (SSSR count). The van der Waals surface area contributed by atoms with E-state index in [1.165, 1.54) is 19.2 Å². The Morgan fingerprint density at radius 3 is 2.34 bits per heavy atom. The summed E-state index contributed by atoms with van der Waals surface area (Å²) in [5.41, 5.74) is 2.63. The molecule has 202 valence electrons. The number of carbonyl (C=O) groups is 2. The van der Waals surface area contributed by atoms with E-state index in [1.807, 2.05) is 42.5 Å². The third-order valence-corrected chi connectivity index (χ3v) is 7.42. The van der Waals surface area contributed by atoms with Crippen LogP contribution in [0.5, 0.6) is 0 Å². The molecule has 0 atom stereocenters. The number of nitrogens with zero attached hydrogens (tertiary/aromatic N) is 1. The lowest BCUT2D eigenvalue weighted by molar-refractivity contribution is -0.131. The van der Waals surface area contributed by atoms with Gasteiger partial charge in [0.1, 0.15) is 11.6 Å². The van der Waals surface area contributed by atoms with E-state index < -0.39 is 11.6 Å². The van der Waals surface area contributed by atoms with Gasteiger partial charge in [0, 0.05) is 35.4 Å². The van der Waals surface area contributed by atoms with Crippen LogP contribution in [-0.2, 0) is 28.2 Å². The van der Waals surface area contributed by atoms with Gasteiger partial charge in [-0.25, -0.2) is 13.6 Å². The highest BCUT2D eigenvalue weighted by Gasteiger charge is 2.17. The Balaban J connectivity index is 1.62. The molecule has 0 bridgehead atoms. The van der Waals surface area contributed by atoms with Crippen molar-refractivity contribution in [2.24, 2.45) is 0 Å². The minimum atomic E-state index is -0.635. The maximum Gasteiger partial charge on any atom is 0.338 e. The van der Waals surface area contributed by atoms with Crippen molar-refractivity contribution >= 4 is 23.6 Å². The molecule has 38 heavy (non-hydrogen) atoms. The Morgan fingerprint density at radius 2 is 1.63 bits per heavy atom. The van der Waals surface area contributed by atoms with Gasteiger partial charge in [0.15, 0.2) is 0 Å².